The van der Waals surface area contributed by atoms with Crippen LogP contribution in [0.25, 0.3) is 0 Å². The highest BCUT2D eigenvalue weighted by Crippen LogP contribution is 2.40. The fraction of sp³-hybridized carbons (Fsp3) is 0.208. The smallest absolute Gasteiger partial charge is 0.279 e. The minimum absolute atomic E-state index is 0.145. The molecule has 1 atom stereocenters. The Morgan fingerprint density at radius 3 is 2.24 bits per heavy atom. The molecule has 4 rings (SSSR count). The highest BCUT2D eigenvalue weighted by atomic mass is 32.2. The molecule has 0 aromatic heterocycles. The molecule has 1 N–H and O–H groups in total. The van der Waals surface area contributed by atoms with E-state index in [4.69, 9.17) is 4.74 Å². The van der Waals surface area contributed by atoms with Crippen molar-refractivity contribution in [3.05, 3.63) is 90.0 Å². The highest BCUT2D eigenvalue weighted by molar-refractivity contribution is 7.92. The first kappa shape index (κ1) is 23.8. The summed E-state index contributed by atoms with van der Waals surface area (Å²) < 4.78 is 59.5. The molecule has 0 unspecified atom stereocenters. The molecule has 0 saturated carbocycles. The Bertz CT molecular complexity index is 1400. The number of para-hydroxylation sites is 1. The van der Waals surface area contributed by atoms with E-state index in [1.54, 1.807) is 54.6 Å². The molecule has 8 nitrogen and oxygen atoms in total. The fourth-order valence-electron chi connectivity index (χ4n) is 3.80. The molecule has 3 aromatic carbocycles. The molecule has 10 heteroatoms. The van der Waals surface area contributed by atoms with Crippen molar-refractivity contribution < 1.29 is 21.6 Å². The van der Waals surface area contributed by atoms with Crippen LogP contribution in [0.4, 0.5) is 5.69 Å². The topological polar surface area (TPSA) is 105 Å². The number of ether oxygens (including phenoxy) is 1. The summed E-state index contributed by atoms with van der Waals surface area (Å²) in [5.41, 5.74) is 2.40. The maximum atomic E-state index is 13.6. The average molecular weight is 500 g/mol. The van der Waals surface area contributed by atoms with Gasteiger partial charge in [-0.15, -0.1) is 0 Å². The van der Waals surface area contributed by atoms with Crippen LogP contribution in [0.3, 0.4) is 0 Å². The van der Waals surface area contributed by atoms with Gasteiger partial charge >= 0.3 is 0 Å². The summed E-state index contributed by atoms with van der Waals surface area (Å²) in [4.78, 5) is 0.145. The van der Waals surface area contributed by atoms with Crippen LogP contribution >= 0.6 is 0 Å². The lowest BCUT2D eigenvalue weighted by atomic mass is 9.98. The summed E-state index contributed by atoms with van der Waals surface area (Å²) in [6.07, 6.45) is 1.41. The minimum Gasteiger partial charge on any atom is -0.494 e. The maximum Gasteiger partial charge on any atom is 0.279 e. The third-order valence-corrected chi connectivity index (χ3v) is 7.56. The van der Waals surface area contributed by atoms with Crippen molar-refractivity contribution in [1.29, 1.82) is 0 Å². The van der Waals surface area contributed by atoms with Crippen LogP contribution in [0.1, 0.15) is 30.5 Å². The number of hydrogen-bond acceptors (Lipinski definition) is 6. The normalized spacial score (nSPS) is 16.2. The maximum absolute atomic E-state index is 13.6. The molecule has 0 saturated heterocycles. The van der Waals surface area contributed by atoms with Gasteiger partial charge in [0, 0.05) is 17.7 Å². The average Bonchev–Trinajstić information content (AvgIpc) is 3.26. The van der Waals surface area contributed by atoms with Gasteiger partial charge in [-0.2, -0.15) is 17.9 Å². The Hall–Kier alpha value is -3.37. The van der Waals surface area contributed by atoms with Gasteiger partial charge < -0.3 is 4.74 Å². The lowest BCUT2D eigenvalue weighted by Gasteiger charge is -2.25. The molecule has 0 radical (unpaired) electrons. The first-order valence-corrected chi connectivity index (χ1v) is 14.0. The lowest BCUT2D eigenvalue weighted by molar-refractivity contribution is 0.316. The van der Waals surface area contributed by atoms with Crippen molar-refractivity contribution in [2.75, 3.05) is 17.6 Å². The largest absolute Gasteiger partial charge is 0.494 e. The van der Waals surface area contributed by atoms with Gasteiger partial charge in [-0.1, -0.05) is 48.5 Å². The molecule has 0 bridgehead atoms. The Morgan fingerprint density at radius 1 is 0.941 bits per heavy atom. The Balaban J connectivity index is 1.76. The SMILES string of the molecule is CCOc1ccccc1[C@@H]1CC(c2ccc(NS(C)(=O)=O)cc2)=NN1S(=O)(=O)c1ccccc1. The summed E-state index contributed by atoms with van der Waals surface area (Å²) >= 11 is 0. The van der Waals surface area contributed by atoms with Gasteiger partial charge in [0.15, 0.2) is 0 Å². The van der Waals surface area contributed by atoms with Crippen molar-refractivity contribution in [3.63, 3.8) is 0 Å². The number of hydrazone groups is 1. The van der Waals surface area contributed by atoms with Crippen LogP contribution in [0, 0.1) is 0 Å². The summed E-state index contributed by atoms with van der Waals surface area (Å²) in [5, 5.41) is 4.54. The molecule has 0 amide bonds. The molecule has 1 aliphatic rings. The van der Waals surface area contributed by atoms with Crippen LogP contribution < -0.4 is 9.46 Å². The number of sulfonamides is 2. The van der Waals surface area contributed by atoms with Crippen LogP contribution in [0.5, 0.6) is 5.75 Å². The van der Waals surface area contributed by atoms with E-state index in [2.05, 4.69) is 9.82 Å². The van der Waals surface area contributed by atoms with E-state index in [1.807, 2.05) is 31.2 Å². The van der Waals surface area contributed by atoms with Crippen LogP contribution in [-0.2, 0) is 20.0 Å². The molecule has 34 heavy (non-hydrogen) atoms. The molecular formula is C24H25N3O5S2. The number of nitrogens with one attached hydrogen (secondary N) is 1. The van der Waals surface area contributed by atoms with Crippen molar-refractivity contribution in [1.82, 2.24) is 4.41 Å². The zero-order valence-electron chi connectivity index (χ0n) is 18.7. The molecule has 0 fully saturated rings. The van der Waals surface area contributed by atoms with Gasteiger partial charge in [0.2, 0.25) is 10.0 Å². The second kappa shape index (κ2) is 9.47. The number of hydrogen-bond donors (Lipinski definition) is 1. The van der Waals surface area contributed by atoms with E-state index in [1.165, 1.54) is 0 Å². The quantitative estimate of drug-likeness (QED) is 0.504. The van der Waals surface area contributed by atoms with Crippen LogP contribution in [0.2, 0.25) is 0 Å². The van der Waals surface area contributed by atoms with E-state index in [0.717, 1.165) is 16.2 Å². The lowest BCUT2D eigenvalue weighted by Crippen LogP contribution is -2.27. The number of anilines is 1. The molecule has 178 valence electrons. The highest BCUT2D eigenvalue weighted by Gasteiger charge is 2.39. The van der Waals surface area contributed by atoms with Gasteiger partial charge in [0.05, 0.1) is 29.5 Å². The van der Waals surface area contributed by atoms with Gasteiger partial charge in [-0.3, -0.25) is 4.72 Å². The minimum atomic E-state index is -3.94. The first-order chi connectivity index (χ1) is 16.2. The summed E-state index contributed by atoms with van der Waals surface area (Å²) in [5.74, 6) is 0.604. The number of rotatable bonds is 8. The summed E-state index contributed by atoms with van der Waals surface area (Å²) in [6.45, 7) is 2.32. The standard InChI is InChI=1S/C24H25N3O5S2/c1-3-32-24-12-8-7-11-21(24)23-17-22(18-13-15-19(16-14-18)26-33(2,28)29)25-27(23)34(30,31)20-9-5-4-6-10-20/h4-16,23,26H,3,17H2,1-2H3/t23-/m0/s1. The third kappa shape index (κ3) is 5.07. The van der Waals surface area contributed by atoms with E-state index < -0.39 is 26.1 Å². The van der Waals surface area contributed by atoms with Gasteiger partial charge in [-0.05, 0) is 42.8 Å². The van der Waals surface area contributed by atoms with Crippen LogP contribution in [0.15, 0.2) is 88.9 Å². The molecule has 1 aliphatic heterocycles. The van der Waals surface area contributed by atoms with Crippen molar-refractivity contribution in [2.24, 2.45) is 5.10 Å². The molecule has 3 aromatic rings. The Morgan fingerprint density at radius 2 is 1.59 bits per heavy atom. The van der Waals surface area contributed by atoms with E-state index in [9.17, 15) is 16.8 Å². The van der Waals surface area contributed by atoms with Gasteiger partial charge in [0.25, 0.3) is 10.0 Å². The number of nitrogens with zero attached hydrogens (tertiary/aromatic N) is 2. The molecule has 0 aliphatic carbocycles. The predicted octanol–water partition coefficient (Wildman–Crippen LogP) is 4.00. The van der Waals surface area contributed by atoms with Crippen LogP contribution in [-0.4, -0.2) is 39.8 Å². The monoisotopic (exact) mass is 499 g/mol. The third-order valence-electron chi connectivity index (χ3n) is 5.26. The number of benzene rings is 3. The second-order valence-corrected chi connectivity index (χ2v) is 11.3. The van der Waals surface area contributed by atoms with E-state index in [0.29, 0.717) is 35.7 Å². The van der Waals surface area contributed by atoms with Crippen molar-refractivity contribution in [3.8, 4) is 5.75 Å². The Kier molecular flexibility index (Phi) is 6.63. The molecule has 0 spiro atoms. The summed E-state index contributed by atoms with van der Waals surface area (Å²) in [6, 6.07) is 21.6. The molecule has 1 heterocycles. The zero-order chi connectivity index (χ0) is 24.3. The van der Waals surface area contributed by atoms with Crippen molar-refractivity contribution in [2.45, 2.75) is 24.3 Å². The molecular weight excluding hydrogens is 474 g/mol. The van der Waals surface area contributed by atoms with Gasteiger partial charge in [0.1, 0.15) is 5.75 Å². The predicted molar refractivity (Wildman–Crippen MR) is 132 cm³/mol. The first-order valence-electron chi connectivity index (χ1n) is 10.7. The Labute approximate surface area is 200 Å². The van der Waals surface area contributed by atoms with E-state index in [-0.39, 0.29) is 4.90 Å². The van der Waals surface area contributed by atoms with Gasteiger partial charge in [-0.25, -0.2) is 8.42 Å². The van der Waals surface area contributed by atoms with E-state index >= 15 is 0 Å². The zero-order valence-corrected chi connectivity index (χ0v) is 20.4. The second-order valence-electron chi connectivity index (χ2n) is 7.78. The fourth-order valence-corrected chi connectivity index (χ4v) is 5.81. The summed E-state index contributed by atoms with van der Waals surface area (Å²) in [7, 11) is -7.35. The van der Waals surface area contributed by atoms with Crippen molar-refractivity contribution >= 4 is 31.4 Å².